The van der Waals surface area contributed by atoms with Gasteiger partial charge in [-0.3, -0.25) is 0 Å². The molecule has 1 aliphatic rings. The normalized spacial score (nSPS) is 38.2. The van der Waals surface area contributed by atoms with E-state index < -0.39 is 0 Å². The van der Waals surface area contributed by atoms with Gasteiger partial charge in [0.15, 0.2) is 0 Å². The van der Waals surface area contributed by atoms with Crippen LogP contribution < -0.4 is 0 Å². The summed E-state index contributed by atoms with van der Waals surface area (Å²) in [6.07, 6.45) is 3.91. The monoisotopic (exact) mass is 170 g/mol. The Kier molecular flexibility index (Phi) is 3.15. The van der Waals surface area contributed by atoms with Crippen LogP contribution in [0.4, 0.5) is 0 Å². The zero-order valence-corrected chi connectivity index (χ0v) is 7.83. The SMILES string of the molecule is C/C(=C\O)[C@@H]1CC[C@@H](C)C[C@H]1O. The smallest absolute Gasteiger partial charge is 0.0784 e. The Morgan fingerprint density at radius 3 is 2.58 bits per heavy atom. The molecule has 0 saturated heterocycles. The standard InChI is InChI=1S/C10H18O2/c1-7-3-4-9(8(2)6-11)10(12)5-7/h6-7,9-12H,3-5H2,1-2H3/b8-6+/t7-,9+,10-/m1/s1. The molecule has 3 atom stereocenters. The fourth-order valence-electron chi connectivity index (χ4n) is 1.98. The lowest BCUT2D eigenvalue weighted by atomic mass is 9.78. The van der Waals surface area contributed by atoms with E-state index in [0.717, 1.165) is 31.1 Å². The molecule has 0 aliphatic heterocycles. The van der Waals surface area contributed by atoms with Crippen LogP contribution in [-0.4, -0.2) is 16.3 Å². The second-order valence-corrected chi connectivity index (χ2v) is 3.97. The quantitative estimate of drug-likeness (QED) is 0.592. The summed E-state index contributed by atoms with van der Waals surface area (Å²) in [5.41, 5.74) is 0.911. The van der Waals surface area contributed by atoms with E-state index in [2.05, 4.69) is 6.92 Å². The number of hydrogen-bond acceptors (Lipinski definition) is 2. The van der Waals surface area contributed by atoms with Crippen LogP contribution in [-0.2, 0) is 0 Å². The van der Waals surface area contributed by atoms with Gasteiger partial charge in [0.05, 0.1) is 12.4 Å². The van der Waals surface area contributed by atoms with Crippen molar-refractivity contribution < 1.29 is 10.2 Å². The number of aliphatic hydroxyl groups excluding tert-OH is 2. The second kappa shape index (κ2) is 3.94. The van der Waals surface area contributed by atoms with Gasteiger partial charge >= 0.3 is 0 Å². The van der Waals surface area contributed by atoms with Crippen molar-refractivity contribution >= 4 is 0 Å². The van der Waals surface area contributed by atoms with Gasteiger partial charge in [-0.05, 0) is 37.7 Å². The average molecular weight is 170 g/mol. The summed E-state index contributed by atoms with van der Waals surface area (Å²) in [5, 5.41) is 18.5. The number of aliphatic hydroxyl groups is 2. The summed E-state index contributed by atoms with van der Waals surface area (Å²) < 4.78 is 0. The maximum Gasteiger partial charge on any atom is 0.0784 e. The molecule has 2 heteroatoms. The number of rotatable bonds is 1. The third kappa shape index (κ3) is 2.01. The predicted octanol–water partition coefficient (Wildman–Crippen LogP) is 2.25. The first-order valence-electron chi connectivity index (χ1n) is 4.64. The summed E-state index contributed by atoms with van der Waals surface area (Å²) in [7, 11) is 0. The molecule has 0 bridgehead atoms. The Balaban J connectivity index is 2.56. The van der Waals surface area contributed by atoms with Gasteiger partial charge in [0.25, 0.3) is 0 Å². The molecular formula is C10H18O2. The third-order valence-corrected chi connectivity index (χ3v) is 2.87. The zero-order chi connectivity index (χ0) is 9.14. The van der Waals surface area contributed by atoms with E-state index in [4.69, 9.17) is 5.11 Å². The predicted molar refractivity (Wildman–Crippen MR) is 48.9 cm³/mol. The summed E-state index contributed by atoms with van der Waals surface area (Å²) in [6, 6.07) is 0. The molecule has 0 amide bonds. The van der Waals surface area contributed by atoms with Crippen molar-refractivity contribution in [2.45, 2.75) is 39.2 Å². The lowest BCUT2D eigenvalue weighted by molar-refractivity contribution is 0.0643. The van der Waals surface area contributed by atoms with Gasteiger partial charge < -0.3 is 10.2 Å². The van der Waals surface area contributed by atoms with Gasteiger partial charge in [-0.15, -0.1) is 0 Å². The van der Waals surface area contributed by atoms with Crippen LogP contribution in [0.25, 0.3) is 0 Å². The molecule has 2 nitrogen and oxygen atoms in total. The van der Waals surface area contributed by atoms with Gasteiger partial charge in [-0.2, -0.15) is 0 Å². The van der Waals surface area contributed by atoms with E-state index in [1.165, 1.54) is 0 Å². The molecule has 0 aromatic heterocycles. The highest BCUT2D eigenvalue weighted by molar-refractivity contribution is 5.03. The van der Waals surface area contributed by atoms with Crippen molar-refractivity contribution in [1.82, 2.24) is 0 Å². The fraction of sp³-hybridized carbons (Fsp3) is 0.800. The summed E-state index contributed by atoms with van der Waals surface area (Å²) in [5.74, 6) is 0.814. The fourth-order valence-corrected chi connectivity index (χ4v) is 1.98. The molecule has 1 saturated carbocycles. The van der Waals surface area contributed by atoms with Crippen molar-refractivity contribution in [2.24, 2.45) is 11.8 Å². The average Bonchev–Trinajstić information content (AvgIpc) is 2.03. The van der Waals surface area contributed by atoms with Gasteiger partial charge in [-0.1, -0.05) is 6.92 Å². The van der Waals surface area contributed by atoms with E-state index in [-0.39, 0.29) is 12.0 Å². The topological polar surface area (TPSA) is 40.5 Å². The minimum Gasteiger partial charge on any atom is -0.516 e. The van der Waals surface area contributed by atoms with Crippen LogP contribution in [0, 0.1) is 11.8 Å². The largest absolute Gasteiger partial charge is 0.516 e. The van der Waals surface area contributed by atoms with Crippen molar-refractivity contribution in [1.29, 1.82) is 0 Å². The highest BCUT2D eigenvalue weighted by Gasteiger charge is 2.27. The highest BCUT2D eigenvalue weighted by atomic mass is 16.3. The Morgan fingerprint density at radius 2 is 2.08 bits per heavy atom. The van der Waals surface area contributed by atoms with Crippen LogP contribution >= 0.6 is 0 Å². The minimum atomic E-state index is -0.253. The molecule has 0 radical (unpaired) electrons. The lowest BCUT2D eigenvalue weighted by Gasteiger charge is -2.31. The highest BCUT2D eigenvalue weighted by Crippen LogP contribution is 2.32. The zero-order valence-electron chi connectivity index (χ0n) is 7.83. The molecular weight excluding hydrogens is 152 g/mol. The summed E-state index contributed by atoms with van der Waals surface area (Å²) in [4.78, 5) is 0. The first-order valence-corrected chi connectivity index (χ1v) is 4.64. The van der Waals surface area contributed by atoms with Crippen LogP contribution in [0.2, 0.25) is 0 Å². The van der Waals surface area contributed by atoms with Crippen molar-refractivity contribution in [3.05, 3.63) is 11.8 Å². The van der Waals surface area contributed by atoms with E-state index in [1.807, 2.05) is 6.92 Å². The maximum absolute atomic E-state index is 9.69. The Labute approximate surface area is 73.9 Å². The van der Waals surface area contributed by atoms with Crippen LogP contribution in [0.1, 0.15) is 33.1 Å². The van der Waals surface area contributed by atoms with Crippen molar-refractivity contribution in [2.75, 3.05) is 0 Å². The molecule has 2 N–H and O–H groups in total. The third-order valence-electron chi connectivity index (χ3n) is 2.87. The van der Waals surface area contributed by atoms with Crippen LogP contribution in [0.15, 0.2) is 11.8 Å². The van der Waals surface area contributed by atoms with Gasteiger partial charge in [0.1, 0.15) is 0 Å². The first-order chi connectivity index (χ1) is 5.65. The molecule has 70 valence electrons. The van der Waals surface area contributed by atoms with Crippen molar-refractivity contribution in [3.8, 4) is 0 Å². The molecule has 1 rings (SSSR count). The maximum atomic E-state index is 9.69. The van der Waals surface area contributed by atoms with Gasteiger partial charge in [-0.25, -0.2) is 0 Å². The Hall–Kier alpha value is -0.500. The second-order valence-electron chi connectivity index (χ2n) is 3.97. The molecule has 0 heterocycles. The molecule has 0 aromatic carbocycles. The molecule has 12 heavy (non-hydrogen) atoms. The van der Waals surface area contributed by atoms with E-state index >= 15 is 0 Å². The Bertz CT molecular complexity index is 175. The summed E-state index contributed by atoms with van der Waals surface area (Å²) in [6.45, 7) is 4.04. The number of hydrogen-bond donors (Lipinski definition) is 2. The molecule has 0 unspecified atom stereocenters. The van der Waals surface area contributed by atoms with E-state index in [9.17, 15) is 5.11 Å². The van der Waals surface area contributed by atoms with E-state index in [1.54, 1.807) is 0 Å². The molecule has 0 aromatic rings. The molecule has 1 aliphatic carbocycles. The van der Waals surface area contributed by atoms with Crippen LogP contribution in [0.5, 0.6) is 0 Å². The van der Waals surface area contributed by atoms with Gasteiger partial charge in [0, 0.05) is 5.92 Å². The summed E-state index contributed by atoms with van der Waals surface area (Å²) >= 11 is 0. The van der Waals surface area contributed by atoms with Gasteiger partial charge in [0.2, 0.25) is 0 Å². The lowest BCUT2D eigenvalue weighted by Crippen LogP contribution is -2.29. The Morgan fingerprint density at radius 1 is 1.42 bits per heavy atom. The molecule has 1 fully saturated rings. The van der Waals surface area contributed by atoms with Crippen molar-refractivity contribution in [3.63, 3.8) is 0 Å². The minimum absolute atomic E-state index is 0.186. The van der Waals surface area contributed by atoms with E-state index in [0.29, 0.717) is 5.92 Å². The first kappa shape index (κ1) is 9.59. The van der Waals surface area contributed by atoms with Crippen LogP contribution in [0.3, 0.4) is 0 Å². The molecule has 0 spiro atoms.